The fourth-order valence-corrected chi connectivity index (χ4v) is 3.24. The molecule has 0 spiro atoms. The zero-order valence-electron chi connectivity index (χ0n) is 13.9. The minimum absolute atomic E-state index is 0.0477. The number of carbonyl (C=O) groups is 1. The van der Waals surface area contributed by atoms with E-state index in [0.717, 1.165) is 36.7 Å². The van der Waals surface area contributed by atoms with Crippen LogP contribution in [-0.2, 0) is 11.3 Å². The SMILES string of the molecule is O=C(NCc1ccccn1)C1CCCN(c2nnc3ccccn23)C1. The summed E-state index contributed by atoms with van der Waals surface area (Å²) in [5.74, 6) is 0.829. The molecule has 3 aromatic rings. The third-order valence-electron chi connectivity index (χ3n) is 4.54. The Morgan fingerprint density at radius 2 is 2.12 bits per heavy atom. The molecule has 1 N–H and O–H groups in total. The van der Waals surface area contributed by atoms with E-state index >= 15 is 0 Å². The van der Waals surface area contributed by atoms with Crippen LogP contribution >= 0.6 is 0 Å². The molecule has 7 nitrogen and oxygen atoms in total. The van der Waals surface area contributed by atoms with Crippen molar-refractivity contribution < 1.29 is 4.79 Å². The second kappa shape index (κ2) is 6.88. The van der Waals surface area contributed by atoms with Gasteiger partial charge in [-0.15, -0.1) is 10.2 Å². The van der Waals surface area contributed by atoms with Gasteiger partial charge in [-0.05, 0) is 37.1 Å². The molecule has 128 valence electrons. The van der Waals surface area contributed by atoms with Crippen molar-refractivity contribution in [3.63, 3.8) is 0 Å². The summed E-state index contributed by atoms with van der Waals surface area (Å²) in [5, 5.41) is 11.5. The van der Waals surface area contributed by atoms with Gasteiger partial charge in [-0.25, -0.2) is 0 Å². The highest BCUT2D eigenvalue weighted by molar-refractivity contribution is 5.79. The lowest BCUT2D eigenvalue weighted by Crippen LogP contribution is -2.43. The third-order valence-corrected chi connectivity index (χ3v) is 4.54. The Bertz CT molecular complexity index is 862. The normalized spacial score (nSPS) is 17.6. The van der Waals surface area contributed by atoms with E-state index < -0.39 is 0 Å². The number of piperidine rings is 1. The van der Waals surface area contributed by atoms with Crippen LogP contribution in [-0.4, -0.2) is 38.6 Å². The molecule has 1 fully saturated rings. The molecule has 1 amide bonds. The Hall–Kier alpha value is -2.96. The summed E-state index contributed by atoms with van der Waals surface area (Å²) in [6, 6.07) is 11.5. The first-order chi connectivity index (χ1) is 12.3. The number of hydrogen-bond acceptors (Lipinski definition) is 5. The molecule has 0 radical (unpaired) electrons. The standard InChI is InChI=1S/C18H20N6O/c25-17(20-12-15-7-1-3-9-19-15)14-6-5-10-23(13-14)18-22-21-16-8-2-4-11-24(16)18/h1-4,7-9,11,14H,5-6,10,12-13H2,(H,20,25). The quantitative estimate of drug-likeness (QED) is 0.784. The van der Waals surface area contributed by atoms with Gasteiger partial charge >= 0.3 is 0 Å². The van der Waals surface area contributed by atoms with Gasteiger partial charge in [0.2, 0.25) is 11.9 Å². The molecule has 4 heterocycles. The molecule has 0 bridgehead atoms. The van der Waals surface area contributed by atoms with E-state index in [2.05, 4.69) is 25.4 Å². The average Bonchev–Trinajstić information content (AvgIpc) is 3.11. The Morgan fingerprint density at radius 1 is 1.20 bits per heavy atom. The Labute approximate surface area is 145 Å². The lowest BCUT2D eigenvalue weighted by atomic mass is 9.97. The molecule has 1 aliphatic heterocycles. The molecule has 25 heavy (non-hydrogen) atoms. The largest absolute Gasteiger partial charge is 0.350 e. The molecular weight excluding hydrogens is 316 g/mol. The van der Waals surface area contributed by atoms with Crippen LogP contribution in [0, 0.1) is 5.92 Å². The van der Waals surface area contributed by atoms with Crippen molar-refractivity contribution in [2.45, 2.75) is 19.4 Å². The second-order valence-electron chi connectivity index (χ2n) is 6.25. The molecule has 3 aromatic heterocycles. The number of nitrogens with zero attached hydrogens (tertiary/aromatic N) is 5. The van der Waals surface area contributed by atoms with Crippen molar-refractivity contribution in [1.82, 2.24) is 24.9 Å². The molecule has 1 aliphatic rings. The summed E-state index contributed by atoms with van der Waals surface area (Å²) < 4.78 is 1.97. The monoisotopic (exact) mass is 336 g/mol. The predicted molar refractivity (Wildman–Crippen MR) is 94.0 cm³/mol. The summed E-state index contributed by atoms with van der Waals surface area (Å²) in [7, 11) is 0. The molecule has 0 saturated carbocycles. The van der Waals surface area contributed by atoms with Gasteiger partial charge in [0.05, 0.1) is 18.2 Å². The number of hydrogen-bond donors (Lipinski definition) is 1. The first-order valence-corrected chi connectivity index (χ1v) is 8.53. The van der Waals surface area contributed by atoms with E-state index in [1.165, 1.54) is 0 Å². The van der Waals surface area contributed by atoms with Crippen molar-refractivity contribution in [1.29, 1.82) is 0 Å². The van der Waals surface area contributed by atoms with Gasteiger partial charge in [-0.2, -0.15) is 0 Å². The van der Waals surface area contributed by atoms with Crippen LogP contribution in [0.5, 0.6) is 0 Å². The lowest BCUT2D eigenvalue weighted by molar-refractivity contribution is -0.125. The number of rotatable bonds is 4. The summed E-state index contributed by atoms with van der Waals surface area (Å²) in [5.41, 5.74) is 1.69. The second-order valence-corrected chi connectivity index (χ2v) is 6.25. The average molecular weight is 336 g/mol. The Morgan fingerprint density at radius 3 is 3.00 bits per heavy atom. The summed E-state index contributed by atoms with van der Waals surface area (Å²) in [6.45, 7) is 2.01. The summed E-state index contributed by atoms with van der Waals surface area (Å²) in [6.07, 6.45) is 5.54. The zero-order chi connectivity index (χ0) is 17.1. The minimum atomic E-state index is -0.0477. The van der Waals surface area contributed by atoms with Crippen LogP contribution in [0.4, 0.5) is 5.95 Å². The highest BCUT2D eigenvalue weighted by Crippen LogP contribution is 2.22. The third kappa shape index (κ3) is 3.31. The number of pyridine rings is 2. The lowest BCUT2D eigenvalue weighted by Gasteiger charge is -2.31. The molecule has 4 rings (SSSR count). The van der Waals surface area contributed by atoms with E-state index in [1.807, 2.05) is 47.0 Å². The fourth-order valence-electron chi connectivity index (χ4n) is 3.24. The van der Waals surface area contributed by atoms with Crippen LogP contribution in [0.25, 0.3) is 5.65 Å². The van der Waals surface area contributed by atoms with Gasteiger partial charge in [0.15, 0.2) is 5.65 Å². The maximum atomic E-state index is 12.5. The fraction of sp³-hybridized carbons (Fsp3) is 0.333. The van der Waals surface area contributed by atoms with E-state index in [4.69, 9.17) is 0 Å². The van der Waals surface area contributed by atoms with Gasteiger partial charge < -0.3 is 10.2 Å². The number of aromatic nitrogens is 4. The number of amides is 1. The van der Waals surface area contributed by atoms with Crippen molar-refractivity contribution in [3.8, 4) is 0 Å². The number of carbonyl (C=O) groups excluding carboxylic acids is 1. The van der Waals surface area contributed by atoms with Crippen LogP contribution < -0.4 is 10.2 Å². The Balaban J connectivity index is 1.43. The van der Waals surface area contributed by atoms with Crippen molar-refractivity contribution in [2.75, 3.05) is 18.0 Å². The highest BCUT2D eigenvalue weighted by atomic mass is 16.1. The maximum absolute atomic E-state index is 12.5. The zero-order valence-corrected chi connectivity index (χ0v) is 13.9. The van der Waals surface area contributed by atoms with Gasteiger partial charge in [0, 0.05) is 25.5 Å². The van der Waals surface area contributed by atoms with E-state index in [1.54, 1.807) is 6.20 Å². The van der Waals surface area contributed by atoms with E-state index in [0.29, 0.717) is 13.1 Å². The smallest absolute Gasteiger partial charge is 0.231 e. The first kappa shape index (κ1) is 15.6. The van der Waals surface area contributed by atoms with Crippen LogP contribution in [0.1, 0.15) is 18.5 Å². The van der Waals surface area contributed by atoms with Gasteiger partial charge in [-0.3, -0.25) is 14.2 Å². The Kier molecular flexibility index (Phi) is 4.28. The minimum Gasteiger partial charge on any atom is -0.350 e. The van der Waals surface area contributed by atoms with Crippen molar-refractivity contribution >= 4 is 17.5 Å². The molecule has 1 atom stereocenters. The maximum Gasteiger partial charge on any atom is 0.231 e. The van der Waals surface area contributed by atoms with Crippen molar-refractivity contribution in [2.24, 2.45) is 5.92 Å². The highest BCUT2D eigenvalue weighted by Gasteiger charge is 2.28. The predicted octanol–water partition coefficient (Wildman–Crippen LogP) is 1.66. The van der Waals surface area contributed by atoms with Gasteiger partial charge in [0.25, 0.3) is 0 Å². The molecule has 1 saturated heterocycles. The van der Waals surface area contributed by atoms with Gasteiger partial charge in [-0.1, -0.05) is 12.1 Å². The summed E-state index contributed by atoms with van der Waals surface area (Å²) in [4.78, 5) is 18.9. The van der Waals surface area contributed by atoms with Crippen LogP contribution in [0.2, 0.25) is 0 Å². The molecule has 0 aliphatic carbocycles. The van der Waals surface area contributed by atoms with Crippen LogP contribution in [0.3, 0.4) is 0 Å². The molecule has 1 unspecified atom stereocenters. The molecular formula is C18H20N6O. The topological polar surface area (TPSA) is 75.4 Å². The first-order valence-electron chi connectivity index (χ1n) is 8.53. The van der Waals surface area contributed by atoms with Gasteiger partial charge in [0.1, 0.15) is 0 Å². The summed E-state index contributed by atoms with van der Waals surface area (Å²) >= 11 is 0. The van der Waals surface area contributed by atoms with Crippen molar-refractivity contribution in [3.05, 3.63) is 54.5 Å². The number of nitrogens with one attached hydrogen (secondary N) is 1. The van der Waals surface area contributed by atoms with E-state index in [-0.39, 0.29) is 11.8 Å². The number of anilines is 1. The molecule has 0 aromatic carbocycles. The van der Waals surface area contributed by atoms with E-state index in [9.17, 15) is 4.79 Å². The number of fused-ring (bicyclic) bond motifs is 1. The molecule has 7 heteroatoms. The van der Waals surface area contributed by atoms with Crippen LogP contribution in [0.15, 0.2) is 48.8 Å².